The molecule has 0 aromatic carbocycles. The normalized spacial score (nSPS) is 9.29. The molecule has 0 aliphatic rings. The summed E-state index contributed by atoms with van der Waals surface area (Å²) >= 11 is 0. The van der Waals surface area contributed by atoms with Gasteiger partial charge in [-0.15, -0.1) is 4.68 Å². The van der Waals surface area contributed by atoms with Gasteiger partial charge in [0.1, 0.15) is 0 Å². The minimum atomic E-state index is 1.02. The first-order valence-corrected chi connectivity index (χ1v) is 2.46. The average Bonchev–Trinajstić information content (AvgIpc) is 2.14. The summed E-state index contributed by atoms with van der Waals surface area (Å²) in [6.45, 7) is 3.11. The Bertz CT molecular complexity index is 121. The number of aromatic nitrogens is 2. The van der Waals surface area contributed by atoms with Crippen molar-refractivity contribution in [2.75, 3.05) is 0 Å². The molecular formula is C5H9N2+. The van der Waals surface area contributed by atoms with Crippen LogP contribution in [0.25, 0.3) is 0 Å². The molecule has 0 saturated heterocycles. The van der Waals surface area contributed by atoms with E-state index >= 15 is 0 Å². The number of hydrogen-bond donors (Lipinski definition) is 1. The summed E-state index contributed by atoms with van der Waals surface area (Å²) in [6.07, 6.45) is 3.91. The van der Waals surface area contributed by atoms with E-state index in [-0.39, 0.29) is 0 Å². The molecule has 0 atom stereocenters. The Labute approximate surface area is 42.8 Å². The van der Waals surface area contributed by atoms with Crippen LogP contribution in [0, 0.1) is 0 Å². The summed E-state index contributed by atoms with van der Waals surface area (Å²) in [5.74, 6) is 0. The number of aromatic amines is 1. The zero-order valence-electron chi connectivity index (χ0n) is 4.39. The van der Waals surface area contributed by atoms with Gasteiger partial charge in [-0.05, 0) is 6.92 Å². The Balaban J connectivity index is 2.76. The molecule has 2 nitrogen and oxygen atoms in total. The average molecular weight is 97.1 g/mol. The van der Waals surface area contributed by atoms with E-state index < -0.39 is 0 Å². The van der Waals surface area contributed by atoms with Gasteiger partial charge in [0.25, 0.3) is 0 Å². The maximum Gasteiger partial charge on any atom is 0.195 e. The van der Waals surface area contributed by atoms with Gasteiger partial charge < -0.3 is 0 Å². The number of aryl methyl sites for hydroxylation is 1. The molecule has 7 heavy (non-hydrogen) atoms. The van der Waals surface area contributed by atoms with Crippen LogP contribution in [0.15, 0.2) is 18.5 Å². The maximum atomic E-state index is 3.00. The lowest BCUT2D eigenvalue weighted by molar-refractivity contribution is -0.747. The molecule has 0 fully saturated rings. The van der Waals surface area contributed by atoms with Crippen LogP contribution in [0.2, 0.25) is 0 Å². The molecule has 1 aromatic heterocycles. The van der Waals surface area contributed by atoms with E-state index in [1.165, 1.54) is 0 Å². The monoisotopic (exact) mass is 97.1 g/mol. The second-order valence-electron chi connectivity index (χ2n) is 1.42. The molecule has 1 rings (SSSR count). The Morgan fingerprint density at radius 2 is 2.57 bits per heavy atom. The van der Waals surface area contributed by atoms with Gasteiger partial charge in [0.2, 0.25) is 0 Å². The van der Waals surface area contributed by atoms with Crippen LogP contribution in [-0.2, 0) is 6.54 Å². The van der Waals surface area contributed by atoms with Gasteiger partial charge >= 0.3 is 0 Å². The molecule has 2 heteroatoms. The predicted molar refractivity (Wildman–Crippen MR) is 26.7 cm³/mol. The molecule has 38 valence electrons. The molecule has 0 saturated carbocycles. The largest absolute Gasteiger partial charge is 0.195 e. The van der Waals surface area contributed by atoms with Crippen molar-refractivity contribution in [1.82, 2.24) is 5.10 Å². The Morgan fingerprint density at radius 3 is 2.86 bits per heavy atom. The van der Waals surface area contributed by atoms with Gasteiger partial charge in [-0.2, -0.15) is 5.10 Å². The number of nitrogens with one attached hydrogen (secondary N) is 1. The molecule has 1 heterocycles. The van der Waals surface area contributed by atoms with E-state index in [2.05, 4.69) is 12.0 Å². The minimum Gasteiger partial charge on any atom is -0.173 e. The van der Waals surface area contributed by atoms with Crippen molar-refractivity contribution in [3.63, 3.8) is 0 Å². The van der Waals surface area contributed by atoms with Gasteiger partial charge in [0, 0.05) is 6.07 Å². The third kappa shape index (κ3) is 0.796. The predicted octanol–water partition coefficient (Wildman–Crippen LogP) is 0.322. The standard InChI is InChI=1S/C5H8N2/c1-2-7-5-3-4-6-7/h3-5H,2H2,1H3/p+1. The van der Waals surface area contributed by atoms with Gasteiger partial charge in [-0.25, -0.2) is 0 Å². The molecule has 1 aromatic rings. The van der Waals surface area contributed by atoms with Crippen LogP contribution in [0.3, 0.4) is 0 Å². The zero-order valence-corrected chi connectivity index (χ0v) is 4.39. The molecule has 0 radical (unpaired) electrons. The zero-order chi connectivity index (χ0) is 5.11. The van der Waals surface area contributed by atoms with Gasteiger partial charge in [0.05, 0.1) is 6.20 Å². The molecule has 0 amide bonds. The topological polar surface area (TPSA) is 19.7 Å². The van der Waals surface area contributed by atoms with E-state index in [0.29, 0.717) is 0 Å². The van der Waals surface area contributed by atoms with Crippen molar-refractivity contribution in [2.45, 2.75) is 13.5 Å². The van der Waals surface area contributed by atoms with Crippen molar-refractivity contribution in [2.24, 2.45) is 0 Å². The van der Waals surface area contributed by atoms with Gasteiger partial charge in [-0.1, -0.05) is 0 Å². The summed E-state index contributed by atoms with van der Waals surface area (Å²) in [5.41, 5.74) is 0. The van der Waals surface area contributed by atoms with Crippen molar-refractivity contribution >= 4 is 0 Å². The fourth-order valence-electron chi connectivity index (χ4n) is 0.525. The molecule has 0 spiro atoms. The van der Waals surface area contributed by atoms with Crippen molar-refractivity contribution in [1.29, 1.82) is 0 Å². The lowest BCUT2D eigenvalue weighted by Gasteiger charge is -1.76. The smallest absolute Gasteiger partial charge is 0.173 e. The molecule has 1 N–H and O–H groups in total. The molecule has 0 bridgehead atoms. The van der Waals surface area contributed by atoms with Crippen molar-refractivity contribution < 1.29 is 4.68 Å². The first-order chi connectivity index (χ1) is 3.43. The first-order valence-electron chi connectivity index (χ1n) is 2.46. The molecular weight excluding hydrogens is 88.1 g/mol. The summed E-state index contributed by atoms with van der Waals surface area (Å²) < 4.78 is 2.00. The van der Waals surface area contributed by atoms with Crippen LogP contribution in [0.4, 0.5) is 0 Å². The highest BCUT2D eigenvalue weighted by Crippen LogP contribution is 1.66. The van der Waals surface area contributed by atoms with Crippen LogP contribution < -0.4 is 4.68 Å². The Hall–Kier alpha value is -0.790. The van der Waals surface area contributed by atoms with Crippen LogP contribution in [0.5, 0.6) is 0 Å². The van der Waals surface area contributed by atoms with E-state index in [1.807, 2.05) is 23.1 Å². The highest BCUT2D eigenvalue weighted by molar-refractivity contribution is 4.66. The lowest BCUT2D eigenvalue weighted by Crippen LogP contribution is -2.32. The highest BCUT2D eigenvalue weighted by Gasteiger charge is 1.87. The first kappa shape index (κ1) is 4.37. The van der Waals surface area contributed by atoms with E-state index in [0.717, 1.165) is 6.54 Å². The fourth-order valence-corrected chi connectivity index (χ4v) is 0.525. The summed E-state index contributed by atoms with van der Waals surface area (Å²) in [5, 5.41) is 3.00. The van der Waals surface area contributed by atoms with Gasteiger partial charge in [-0.3, -0.25) is 0 Å². The third-order valence-corrected chi connectivity index (χ3v) is 0.943. The molecule has 0 aliphatic carbocycles. The van der Waals surface area contributed by atoms with E-state index in [4.69, 9.17) is 0 Å². The summed E-state index contributed by atoms with van der Waals surface area (Å²) in [6, 6.07) is 1.98. The fraction of sp³-hybridized carbons (Fsp3) is 0.400. The SMILES string of the molecule is CC[n+]1ccc[nH]1. The van der Waals surface area contributed by atoms with Crippen LogP contribution in [0.1, 0.15) is 6.92 Å². The van der Waals surface area contributed by atoms with Crippen molar-refractivity contribution in [3.8, 4) is 0 Å². The quantitative estimate of drug-likeness (QED) is 0.487. The Morgan fingerprint density at radius 1 is 1.71 bits per heavy atom. The summed E-state index contributed by atoms with van der Waals surface area (Å²) in [7, 11) is 0. The second-order valence-corrected chi connectivity index (χ2v) is 1.42. The number of rotatable bonds is 1. The number of H-pyrrole nitrogens is 1. The van der Waals surface area contributed by atoms with Crippen LogP contribution in [-0.4, -0.2) is 5.10 Å². The Kier molecular flexibility index (Phi) is 1.11. The van der Waals surface area contributed by atoms with E-state index in [1.54, 1.807) is 0 Å². The maximum absolute atomic E-state index is 3.00. The molecule has 0 unspecified atom stereocenters. The van der Waals surface area contributed by atoms with E-state index in [9.17, 15) is 0 Å². The van der Waals surface area contributed by atoms with Crippen LogP contribution >= 0.6 is 0 Å². The highest BCUT2D eigenvalue weighted by atomic mass is 15.2. The minimum absolute atomic E-state index is 1.02. The number of hydrogen-bond acceptors (Lipinski definition) is 0. The molecule has 0 aliphatic heterocycles. The third-order valence-electron chi connectivity index (χ3n) is 0.943. The number of nitrogens with zero attached hydrogens (tertiary/aromatic N) is 1. The summed E-state index contributed by atoms with van der Waals surface area (Å²) in [4.78, 5) is 0. The lowest BCUT2D eigenvalue weighted by atomic mass is 10.7. The van der Waals surface area contributed by atoms with Crippen molar-refractivity contribution in [3.05, 3.63) is 18.5 Å². The second kappa shape index (κ2) is 1.78. The van der Waals surface area contributed by atoms with Gasteiger partial charge in [0.15, 0.2) is 12.7 Å².